The minimum Gasteiger partial charge on any atom is -0.487 e. The lowest BCUT2D eigenvalue weighted by atomic mass is 10.1. The summed E-state index contributed by atoms with van der Waals surface area (Å²) in [7, 11) is 0. The Morgan fingerprint density at radius 3 is 2.81 bits per heavy atom. The Balaban J connectivity index is 1.63. The number of hydrogen-bond acceptors (Lipinski definition) is 6. The summed E-state index contributed by atoms with van der Waals surface area (Å²) in [5, 5.41) is 13.4. The van der Waals surface area contributed by atoms with Gasteiger partial charge in [0.15, 0.2) is 5.76 Å². The third-order valence-electron chi connectivity index (χ3n) is 3.81. The number of pyridine rings is 1. The van der Waals surface area contributed by atoms with E-state index in [2.05, 4.69) is 10.3 Å². The van der Waals surface area contributed by atoms with E-state index in [4.69, 9.17) is 9.15 Å². The fraction of sp³-hybridized carbons (Fsp3) is 0.158. The monoisotopic (exact) mass is 367 g/mol. The minimum absolute atomic E-state index is 0.115. The van der Waals surface area contributed by atoms with Gasteiger partial charge in [0.1, 0.15) is 17.3 Å². The van der Waals surface area contributed by atoms with Gasteiger partial charge in [0, 0.05) is 6.20 Å². The Kier molecular flexibility index (Phi) is 5.46. The van der Waals surface area contributed by atoms with Gasteiger partial charge in [-0.15, -0.1) is 0 Å². The highest BCUT2D eigenvalue weighted by atomic mass is 16.6. The lowest BCUT2D eigenvalue weighted by molar-refractivity contribution is -0.402. The van der Waals surface area contributed by atoms with Gasteiger partial charge in [-0.3, -0.25) is 19.9 Å². The lowest BCUT2D eigenvalue weighted by Gasteiger charge is -2.15. The third-order valence-corrected chi connectivity index (χ3v) is 3.81. The first kappa shape index (κ1) is 18.1. The molecular weight excluding hydrogens is 350 g/mol. The predicted molar refractivity (Wildman–Crippen MR) is 96.3 cm³/mol. The Hall–Kier alpha value is -3.68. The summed E-state index contributed by atoms with van der Waals surface area (Å²) in [6.45, 7) is 2.13. The van der Waals surface area contributed by atoms with Crippen LogP contribution < -0.4 is 10.1 Å². The molecule has 8 heteroatoms. The van der Waals surface area contributed by atoms with Gasteiger partial charge in [-0.05, 0) is 42.8 Å². The van der Waals surface area contributed by atoms with Crippen LogP contribution in [0.1, 0.15) is 34.8 Å². The molecule has 0 bridgehead atoms. The SMILES string of the molecule is CC(NC(=O)c1ccc([N+](=O)[O-])o1)c1cccc(OCc2ccccn2)c1. The second-order valence-electron chi connectivity index (χ2n) is 5.77. The first-order valence-electron chi connectivity index (χ1n) is 8.20. The van der Waals surface area contributed by atoms with Gasteiger partial charge in [-0.2, -0.15) is 0 Å². The van der Waals surface area contributed by atoms with E-state index in [1.54, 1.807) is 13.1 Å². The van der Waals surface area contributed by atoms with Crippen LogP contribution in [0, 0.1) is 10.1 Å². The number of benzene rings is 1. The maximum atomic E-state index is 12.2. The summed E-state index contributed by atoms with van der Waals surface area (Å²) in [6, 6.07) is 15.0. The van der Waals surface area contributed by atoms with Crippen LogP contribution in [0.5, 0.6) is 5.75 Å². The van der Waals surface area contributed by atoms with E-state index in [0.29, 0.717) is 12.4 Å². The molecule has 0 saturated heterocycles. The normalized spacial score (nSPS) is 11.6. The highest BCUT2D eigenvalue weighted by Crippen LogP contribution is 2.21. The number of amides is 1. The van der Waals surface area contributed by atoms with Crippen molar-refractivity contribution in [3.05, 3.63) is 87.9 Å². The first-order chi connectivity index (χ1) is 13.0. The number of carbonyl (C=O) groups excluding carboxylic acids is 1. The Labute approximate surface area is 154 Å². The average molecular weight is 367 g/mol. The summed E-state index contributed by atoms with van der Waals surface area (Å²) in [6.07, 6.45) is 1.70. The van der Waals surface area contributed by atoms with Crippen molar-refractivity contribution in [1.82, 2.24) is 10.3 Å². The smallest absolute Gasteiger partial charge is 0.433 e. The van der Waals surface area contributed by atoms with Crippen molar-refractivity contribution < 1.29 is 18.9 Å². The number of nitrogens with zero attached hydrogens (tertiary/aromatic N) is 2. The minimum atomic E-state index is -0.692. The molecule has 0 radical (unpaired) electrons. The molecule has 1 amide bonds. The number of nitrogens with one attached hydrogen (secondary N) is 1. The molecule has 0 aliphatic rings. The van der Waals surface area contributed by atoms with Crippen LogP contribution in [0.15, 0.2) is 65.2 Å². The predicted octanol–water partition coefficient (Wildman–Crippen LogP) is 3.65. The Morgan fingerprint density at radius 2 is 2.11 bits per heavy atom. The second-order valence-corrected chi connectivity index (χ2v) is 5.77. The summed E-state index contributed by atoms with van der Waals surface area (Å²) in [5.74, 6) is -0.475. The highest BCUT2D eigenvalue weighted by molar-refractivity contribution is 5.92. The van der Waals surface area contributed by atoms with Crippen LogP contribution in [0.2, 0.25) is 0 Å². The van der Waals surface area contributed by atoms with Crippen molar-refractivity contribution in [3.8, 4) is 5.75 Å². The van der Waals surface area contributed by atoms with E-state index >= 15 is 0 Å². The fourth-order valence-electron chi connectivity index (χ4n) is 2.41. The molecule has 0 aliphatic heterocycles. The molecule has 1 atom stereocenters. The number of aromatic nitrogens is 1. The van der Waals surface area contributed by atoms with Gasteiger partial charge in [-0.1, -0.05) is 18.2 Å². The molecule has 1 N–H and O–H groups in total. The molecule has 138 valence electrons. The molecular formula is C19H17N3O5. The number of rotatable bonds is 7. The number of hydrogen-bond donors (Lipinski definition) is 1. The van der Waals surface area contributed by atoms with Crippen LogP contribution in [0.3, 0.4) is 0 Å². The highest BCUT2D eigenvalue weighted by Gasteiger charge is 2.19. The molecule has 1 aromatic carbocycles. The summed E-state index contributed by atoms with van der Waals surface area (Å²) in [5.41, 5.74) is 1.63. The largest absolute Gasteiger partial charge is 0.487 e. The number of ether oxygens (including phenoxy) is 1. The van der Waals surface area contributed by atoms with Crippen LogP contribution >= 0.6 is 0 Å². The van der Waals surface area contributed by atoms with Gasteiger partial charge in [0.2, 0.25) is 0 Å². The maximum absolute atomic E-state index is 12.2. The maximum Gasteiger partial charge on any atom is 0.433 e. The van der Waals surface area contributed by atoms with Crippen molar-refractivity contribution >= 4 is 11.8 Å². The second kappa shape index (κ2) is 8.13. The molecule has 0 spiro atoms. The summed E-state index contributed by atoms with van der Waals surface area (Å²) < 4.78 is 10.6. The topological polar surface area (TPSA) is 108 Å². The quantitative estimate of drug-likeness (QED) is 0.504. The van der Waals surface area contributed by atoms with Crippen LogP contribution in [-0.2, 0) is 6.61 Å². The molecule has 3 aromatic rings. The van der Waals surface area contributed by atoms with Crippen molar-refractivity contribution in [2.75, 3.05) is 0 Å². The first-order valence-corrected chi connectivity index (χ1v) is 8.20. The van der Waals surface area contributed by atoms with Crippen LogP contribution in [0.4, 0.5) is 5.88 Å². The van der Waals surface area contributed by atoms with Crippen LogP contribution in [0.25, 0.3) is 0 Å². The molecule has 1 unspecified atom stereocenters. The van der Waals surface area contributed by atoms with E-state index in [0.717, 1.165) is 17.3 Å². The average Bonchev–Trinajstić information content (AvgIpc) is 3.18. The third kappa shape index (κ3) is 4.69. The fourth-order valence-corrected chi connectivity index (χ4v) is 2.41. The van der Waals surface area contributed by atoms with Gasteiger partial charge in [-0.25, -0.2) is 0 Å². The lowest BCUT2D eigenvalue weighted by Crippen LogP contribution is -2.26. The van der Waals surface area contributed by atoms with Crippen LogP contribution in [-0.4, -0.2) is 15.8 Å². The molecule has 2 heterocycles. The van der Waals surface area contributed by atoms with E-state index < -0.39 is 16.7 Å². The van der Waals surface area contributed by atoms with Gasteiger partial charge in [0.25, 0.3) is 5.91 Å². The molecule has 3 rings (SSSR count). The summed E-state index contributed by atoms with van der Waals surface area (Å²) >= 11 is 0. The molecule has 8 nitrogen and oxygen atoms in total. The molecule has 0 saturated carbocycles. The van der Waals surface area contributed by atoms with Crippen molar-refractivity contribution in [3.63, 3.8) is 0 Å². The Bertz CT molecular complexity index is 939. The standard InChI is InChI=1S/C19H17N3O5/c1-13(21-19(23)17-8-9-18(27-17)22(24)25)14-5-4-7-16(11-14)26-12-15-6-2-3-10-20-15/h2-11,13H,12H2,1H3,(H,21,23). The number of carbonyl (C=O) groups is 1. The van der Waals surface area contributed by atoms with Gasteiger partial charge in [0.05, 0.1) is 17.8 Å². The van der Waals surface area contributed by atoms with Gasteiger partial charge < -0.3 is 14.5 Å². The van der Waals surface area contributed by atoms with Crippen molar-refractivity contribution in [2.45, 2.75) is 19.6 Å². The Morgan fingerprint density at radius 1 is 1.26 bits per heavy atom. The zero-order valence-corrected chi connectivity index (χ0v) is 14.5. The summed E-state index contributed by atoms with van der Waals surface area (Å²) in [4.78, 5) is 26.3. The van der Waals surface area contributed by atoms with E-state index in [-0.39, 0.29) is 11.8 Å². The zero-order chi connectivity index (χ0) is 19.2. The molecule has 2 aromatic heterocycles. The van der Waals surface area contributed by atoms with Gasteiger partial charge >= 0.3 is 5.88 Å². The molecule has 0 aliphatic carbocycles. The van der Waals surface area contributed by atoms with Crippen molar-refractivity contribution in [2.24, 2.45) is 0 Å². The molecule has 27 heavy (non-hydrogen) atoms. The van der Waals surface area contributed by atoms with E-state index in [9.17, 15) is 14.9 Å². The number of nitro groups is 1. The van der Waals surface area contributed by atoms with E-state index in [1.165, 1.54) is 6.07 Å². The zero-order valence-electron chi connectivity index (χ0n) is 14.5. The van der Waals surface area contributed by atoms with Crippen molar-refractivity contribution in [1.29, 1.82) is 0 Å². The molecule has 0 fully saturated rings. The van der Waals surface area contributed by atoms with E-state index in [1.807, 2.05) is 42.5 Å². The number of furan rings is 1.